The van der Waals surface area contributed by atoms with Gasteiger partial charge in [-0.15, -0.1) is 11.3 Å². The van der Waals surface area contributed by atoms with Crippen molar-refractivity contribution in [3.63, 3.8) is 0 Å². The quantitative estimate of drug-likeness (QED) is 0.495. The van der Waals surface area contributed by atoms with Crippen LogP contribution >= 0.6 is 33.9 Å². The number of hydrogen-bond acceptors (Lipinski definition) is 4. The van der Waals surface area contributed by atoms with Gasteiger partial charge in [-0.25, -0.2) is 0 Å². The van der Waals surface area contributed by atoms with Crippen molar-refractivity contribution in [2.24, 2.45) is 11.3 Å². The van der Waals surface area contributed by atoms with Gasteiger partial charge in [-0.05, 0) is 76.4 Å². The Labute approximate surface area is 177 Å². The Bertz CT molecular complexity index is 906. The number of phenols is 1. The highest BCUT2D eigenvalue weighted by Crippen LogP contribution is 2.47. The lowest BCUT2D eigenvalue weighted by atomic mass is 9.69. The molecule has 1 aliphatic carbocycles. The number of rotatable bonds is 3. The molecule has 4 rings (SSSR count). The van der Waals surface area contributed by atoms with Crippen LogP contribution in [0.4, 0.5) is 5.00 Å². The van der Waals surface area contributed by atoms with Crippen LogP contribution in [0.5, 0.6) is 5.75 Å². The Hall–Kier alpha value is -1.28. The number of aromatic hydroxyl groups is 1. The summed E-state index contributed by atoms with van der Waals surface area (Å²) in [5.74, 6) is 0.952. The molecule has 2 aliphatic rings. The van der Waals surface area contributed by atoms with Crippen LogP contribution in [0.15, 0.2) is 18.2 Å². The molecule has 1 aromatic heterocycles. The van der Waals surface area contributed by atoms with Crippen molar-refractivity contribution in [3.8, 4) is 5.75 Å². The number of benzene rings is 1. The molecule has 1 amide bonds. The molecule has 0 fully saturated rings. The zero-order chi connectivity index (χ0) is 19.3. The molecule has 4 nitrogen and oxygen atoms in total. The SMILES string of the molecule is CCC(C)(C)C1CCc2c(sc3c2C(=O)NC(c2ccc(O)c(I)c2)N3)C1. The fourth-order valence-corrected chi connectivity index (χ4v) is 6.02. The summed E-state index contributed by atoms with van der Waals surface area (Å²) in [7, 11) is 0. The van der Waals surface area contributed by atoms with Crippen LogP contribution in [-0.4, -0.2) is 11.0 Å². The van der Waals surface area contributed by atoms with Gasteiger partial charge in [-0.2, -0.15) is 0 Å². The highest BCUT2D eigenvalue weighted by Gasteiger charge is 2.37. The second-order valence-corrected chi connectivity index (χ2v) is 10.5. The van der Waals surface area contributed by atoms with Crippen LogP contribution in [-0.2, 0) is 12.8 Å². The van der Waals surface area contributed by atoms with E-state index in [0.29, 0.717) is 11.3 Å². The second kappa shape index (κ2) is 6.95. The van der Waals surface area contributed by atoms with Crippen molar-refractivity contribution in [3.05, 3.63) is 43.3 Å². The molecular formula is C21H25IN2O2S. The predicted molar refractivity (Wildman–Crippen MR) is 119 cm³/mol. The van der Waals surface area contributed by atoms with Crippen LogP contribution in [0, 0.1) is 14.9 Å². The molecule has 0 spiro atoms. The standard InChI is InChI=1S/C21H25IN2O2S/c1-4-21(2,3)12-6-7-13-16(10-12)27-20-17(13)19(26)23-18(24-20)11-5-8-15(25)14(22)9-11/h5,8-9,12,18,24-25H,4,6-7,10H2,1-3H3,(H,23,26). The van der Waals surface area contributed by atoms with Crippen molar-refractivity contribution in [2.75, 3.05) is 5.32 Å². The minimum Gasteiger partial charge on any atom is -0.507 e. The average Bonchev–Trinajstić information content (AvgIpc) is 3.02. The summed E-state index contributed by atoms with van der Waals surface area (Å²) in [6, 6.07) is 5.44. The number of nitrogens with one attached hydrogen (secondary N) is 2. The van der Waals surface area contributed by atoms with Crippen molar-refractivity contribution >= 4 is 44.8 Å². The van der Waals surface area contributed by atoms with Crippen molar-refractivity contribution < 1.29 is 9.90 Å². The number of phenolic OH excluding ortho intramolecular Hbond substituents is 1. The smallest absolute Gasteiger partial charge is 0.256 e. The third-order valence-corrected chi connectivity index (χ3v) is 8.41. The zero-order valence-electron chi connectivity index (χ0n) is 15.9. The van der Waals surface area contributed by atoms with Crippen LogP contribution in [0.25, 0.3) is 0 Å². The molecule has 0 saturated heterocycles. The second-order valence-electron chi connectivity index (χ2n) is 8.25. The molecular weight excluding hydrogens is 471 g/mol. The maximum atomic E-state index is 12.9. The largest absolute Gasteiger partial charge is 0.507 e. The summed E-state index contributed by atoms with van der Waals surface area (Å²) >= 11 is 3.86. The van der Waals surface area contributed by atoms with Gasteiger partial charge < -0.3 is 15.7 Å². The zero-order valence-corrected chi connectivity index (χ0v) is 18.8. The normalized spacial score (nSPS) is 21.9. The topological polar surface area (TPSA) is 61.4 Å². The van der Waals surface area contributed by atoms with Gasteiger partial charge in [-0.3, -0.25) is 4.79 Å². The van der Waals surface area contributed by atoms with Crippen molar-refractivity contribution in [2.45, 2.75) is 52.6 Å². The molecule has 0 saturated carbocycles. The van der Waals surface area contributed by atoms with Crippen LogP contribution in [0.3, 0.4) is 0 Å². The van der Waals surface area contributed by atoms with Crippen molar-refractivity contribution in [1.82, 2.24) is 5.32 Å². The lowest BCUT2D eigenvalue weighted by Crippen LogP contribution is -2.38. The number of fused-ring (bicyclic) bond motifs is 3. The molecule has 27 heavy (non-hydrogen) atoms. The summed E-state index contributed by atoms with van der Waals surface area (Å²) in [6.45, 7) is 7.00. The fourth-order valence-electron chi connectivity index (χ4n) is 4.12. The molecule has 2 unspecified atom stereocenters. The van der Waals surface area contributed by atoms with Gasteiger partial charge in [0, 0.05) is 4.88 Å². The van der Waals surface area contributed by atoms with Gasteiger partial charge in [0.15, 0.2) is 0 Å². The Kier molecular flexibility index (Phi) is 4.91. The molecule has 0 bridgehead atoms. The first-order valence-corrected chi connectivity index (χ1v) is 11.4. The van der Waals surface area contributed by atoms with E-state index in [1.165, 1.54) is 16.9 Å². The van der Waals surface area contributed by atoms with Gasteiger partial charge >= 0.3 is 0 Å². The monoisotopic (exact) mass is 496 g/mol. The molecule has 144 valence electrons. The van der Waals surface area contributed by atoms with E-state index in [1.807, 2.05) is 12.1 Å². The average molecular weight is 496 g/mol. The van der Waals surface area contributed by atoms with E-state index in [-0.39, 0.29) is 17.8 Å². The number of halogens is 1. The molecule has 0 radical (unpaired) electrons. The van der Waals surface area contributed by atoms with E-state index in [2.05, 4.69) is 54.0 Å². The fraction of sp³-hybridized carbons (Fsp3) is 0.476. The first-order chi connectivity index (χ1) is 12.8. The summed E-state index contributed by atoms with van der Waals surface area (Å²) in [6.07, 6.45) is 4.14. The Balaban J connectivity index is 1.63. The minimum absolute atomic E-state index is 0.0162. The third kappa shape index (κ3) is 3.35. The maximum Gasteiger partial charge on any atom is 0.256 e. The number of carbonyl (C=O) groups is 1. The van der Waals surface area contributed by atoms with Crippen molar-refractivity contribution in [1.29, 1.82) is 0 Å². The van der Waals surface area contributed by atoms with Gasteiger partial charge in [0.2, 0.25) is 0 Å². The van der Waals surface area contributed by atoms with E-state index in [9.17, 15) is 9.90 Å². The molecule has 1 aliphatic heterocycles. The molecule has 2 aromatic rings. The number of carbonyl (C=O) groups excluding carboxylic acids is 1. The molecule has 1 aromatic carbocycles. The van der Waals surface area contributed by atoms with Gasteiger partial charge in [0.25, 0.3) is 5.91 Å². The predicted octanol–water partition coefficient (Wildman–Crippen LogP) is 5.45. The van der Waals surface area contributed by atoms with Crippen LogP contribution < -0.4 is 10.6 Å². The lowest BCUT2D eigenvalue weighted by Gasteiger charge is -2.36. The third-order valence-electron chi connectivity index (χ3n) is 6.36. The Morgan fingerprint density at radius 1 is 1.33 bits per heavy atom. The molecule has 6 heteroatoms. The maximum absolute atomic E-state index is 12.9. The number of amides is 1. The number of thiophene rings is 1. The van der Waals surface area contributed by atoms with Gasteiger partial charge in [-0.1, -0.05) is 33.3 Å². The number of hydrogen-bond donors (Lipinski definition) is 3. The summed E-state index contributed by atoms with van der Waals surface area (Å²) < 4.78 is 0.780. The highest BCUT2D eigenvalue weighted by molar-refractivity contribution is 14.1. The summed E-state index contributed by atoms with van der Waals surface area (Å²) in [5.41, 5.74) is 3.39. The van der Waals surface area contributed by atoms with Crippen LogP contribution in [0.1, 0.15) is 66.1 Å². The van der Waals surface area contributed by atoms with E-state index in [4.69, 9.17) is 0 Å². The Morgan fingerprint density at radius 3 is 2.81 bits per heavy atom. The first-order valence-electron chi connectivity index (χ1n) is 9.50. The highest BCUT2D eigenvalue weighted by atomic mass is 127. The van der Waals surface area contributed by atoms with Gasteiger partial charge in [0.1, 0.15) is 16.9 Å². The van der Waals surface area contributed by atoms with Gasteiger partial charge in [0.05, 0.1) is 9.13 Å². The number of anilines is 1. The summed E-state index contributed by atoms with van der Waals surface area (Å²) in [5, 5.41) is 17.4. The molecule has 2 atom stereocenters. The van der Waals surface area contributed by atoms with E-state index >= 15 is 0 Å². The lowest BCUT2D eigenvalue weighted by molar-refractivity contribution is 0.0934. The molecule has 3 N–H and O–H groups in total. The minimum atomic E-state index is -0.262. The van der Waals surface area contributed by atoms with E-state index < -0.39 is 0 Å². The van der Waals surface area contributed by atoms with E-state index in [1.54, 1.807) is 17.4 Å². The van der Waals surface area contributed by atoms with Crippen LogP contribution in [0.2, 0.25) is 0 Å². The molecule has 2 heterocycles. The summed E-state index contributed by atoms with van der Waals surface area (Å²) in [4.78, 5) is 14.3. The van der Waals surface area contributed by atoms with E-state index in [0.717, 1.165) is 39.0 Å². The first kappa shape index (κ1) is 19.1. The Morgan fingerprint density at radius 2 is 2.11 bits per heavy atom.